The number of rotatable bonds is 1. The van der Waals surface area contributed by atoms with E-state index in [-0.39, 0.29) is 6.10 Å². The molecule has 2 aromatic rings. The van der Waals surface area contributed by atoms with Crippen LogP contribution in [0.25, 0.3) is 11.5 Å². The molecule has 1 atom stereocenters. The number of hydrogen-bond acceptors (Lipinski definition) is 6. The van der Waals surface area contributed by atoms with Crippen LogP contribution < -0.4 is 0 Å². The molecule has 6 nitrogen and oxygen atoms in total. The highest BCUT2D eigenvalue weighted by molar-refractivity contribution is 7.99. The van der Waals surface area contributed by atoms with Crippen molar-refractivity contribution in [2.75, 3.05) is 5.75 Å². The molecule has 16 heavy (non-hydrogen) atoms. The van der Waals surface area contributed by atoms with Crippen molar-refractivity contribution in [1.82, 2.24) is 24.7 Å². The molecule has 0 saturated heterocycles. The summed E-state index contributed by atoms with van der Waals surface area (Å²) in [6.45, 7) is 0.496. The molecule has 0 unspecified atom stereocenters. The molecule has 3 heterocycles. The van der Waals surface area contributed by atoms with E-state index in [4.69, 9.17) is 0 Å². The van der Waals surface area contributed by atoms with Crippen molar-refractivity contribution in [1.29, 1.82) is 0 Å². The first-order valence-corrected chi connectivity index (χ1v) is 5.83. The van der Waals surface area contributed by atoms with Gasteiger partial charge in [-0.15, -0.1) is 5.10 Å². The molecule has 0 saturated carbocycles. The highest BCUT2D eigenvalue weighted by Gasteiger charge is 2.21. The third-order valence-corrected chi connectivity index (χ3v) is 3.33. The number of hydrogen-bond donors (Lipinski definition) is 1. The molecular formula is C9H9N5OS. The van der Waals surface area contributed by atoms with Crippen molar-refractivity contribution in [2.45, 2.75) is 17.8 Å². The smallest absolute Gasteiger partial charge is 0.202 e. The summed E-state index contributed by atoms with van der Waals surface area (Å²) in [6, 6.07) is 0. The standard InChI is InChI=1S/C9H9N5OS/c15-6-4-14-9(16-5-6)12-8(13-14)7-3-10-1-2-11-7/h1-3,6,15H,4-5H2/t6-/m0/s1. The van der Waals surface area contributed by atoms with E-state index in [2.05, 4.69) is 20.1 Å². The summed E-state index contributed by atoms with van der Waals surface area (Å²) < 4.78 is 1.71. The topological polar surface area (TPSA) is 76.7 Å². The largest absolute Gasteiger partial charge is 0.390 e. The minimum Gasteiger partial charge on any atom is -0.390 e. The summed E-state index contributed by atoms with van der Waals surface area (Å²) >= 11 is 1.50. The van der Waals surface area contributed by atoms with Crippen LogP contribution in [0, 0.1) is 0 Å². The van der Waals surface area contributed by atoms with Gasteiger partial charge >= 0.3 is 0 Å². The van der Waals surface area contributed by atoms with Gasteiger partial charge in [0.25, 0.3) is 0 Å². The van der Waals surface area contributed by atoms with Crippen LogP contribution in [-0.2, 0) is 6.54 Å². The van der Waals surface area contributed by atoms with Crippen molar-refractivity contribution in [3.05, 3.63) is 18.6 Å². The highest BCUT2D eigenvalue weighted by Crippen LogP contribution is 2.24. The van der Waals surface area contributed by atoms with E-state index in [0.29, 0.717) is 23.8 Å². The van der Waals surface area contributed by atoms with E-state index in [1.54, 1.807) is 23.3 Å². The molecule has 0 amide bonds. The molecule has 0 bridgehead atoms. The van der Waals surface area contributed by atoms with Crippen LogP contribution in [0.2, 0.25) is 0 Å². The lowest BCUT2D eigenvalue weighted by atomic mass is 10.4. The second kappa shape index (κ2) is 3.84. The zero-order chi connectivity index (χ0) is 11.0. The SMILES string of the molecule is O[C@@H]1CSc2nc(-c3cnccn3)nn2C1. The van der Waals surface area contributed by atoms with Gasteiger partial charge in [-0.3, -0.25) is 4.98 Å². The Balaban J connectivity index is 1.99. The van der Waals surface area contributed by atoms with Gasteiger partial charge in [-0.2, -0.15) is 4.98 Å². The summed E-state index contributed by atoms with van der Waals surface area (Å²) in [5.74, 6) is 1.23. The lowest BCUT2D eigenvalue weighted by molar-refractivity contribution is 0.164. The minimum atomic E-state index is -0.353. The number of aliphatic hydroxyl groups excluding tert-OH is 1. The van der Waals surface area contributed by atoms with Gasteiger partial charge in [0.15, 0.2) is 5.16 Å². The Morgan fingerprint density at radius 1 is 1.44 bits per heavy atom. The number of nitrogens with zero attached hydrogens (tertiary/aromatic N) is 5. The van der Waals surface area contributed by atoms with E-state index in [9.17, 15) is 5.11 Å². The van der Waals surface area contributed by atoms with Crippen molar-refractivity contribution in [2.24, 2.45) is 0 Å². The maximum absolute atomic E-state index is 9.50. The lowest BCUT2D eigenvalue weighted by Crippen LogP contribution is -2.24. The van der Waals surface area contributed by atoms with E-state index >= 15 is 0 Å². The monoisotopic (exact) mass is 235 g/mol. The zero-order valence-corrected chi connectivity index (χ0v) is 9.13. The fourth-order valence-corrected chi connectivity index (χ4v) is 2.36. The zero-order valence-electron chi connectivity index (χ0n) is 8.32. The van der Waals surface area contributed by atoms with Gasteiger partial charge in [0, 0.05) is 18.1 Å². The average molecular weight is 235 g/mol. The summed E-state index contributed by atoms with van der Waals surface area (Å²) in [7, 11) is 0. The molecule has 1 aliphatic heterocycles. The third-order valence-electron chi connectivity index (χ3n) is 2.22. The van der Waals surface area contributed by atoms with Crippen LogP contribution >= 0.6 is 11.8 Å². The van der Waals surface area contributed by atoms with E-state index in [1.807, 2.05) is 0 Å². The molecule has 0 fully saturated rings. The Morgan fingerprint density at radius 2 is 2.38 bits per heavy atom. The van der Waals surface area contributed by atoms with Crippen LogP contribution in [-0.4, -0.2) is 41.7 Å². The maximum atomic E-state index is 9.50. The van der Waals surface area contributed by atoms with Gasteiger partial charge in [-0.25, -0.2) is 9.67 Å². The molecule has 0 aliphatic carbocycles. The summed E-state index contributed by atoms with van der Waals surface area (Å²) in [5.41, 5.74) is 0.652. The quantitative estimate of drug-likeness (QED) is 0.761. The van der Waals surface area contributed by atoms with E-state index < -0.39 is 0 Å². The predicted octanol–water partition coefficient (Wildman–Crippen LogP) is 0.202. The first kappa shape index (κ1) is 9.73. The Labute approximate surface area is 95.8 Å². The molecule has 3 rings (SSSR count). The summed E-state index contributed by atoms with van der Waals surface area (Å²) in [4.78, 5) is 12.5. The Kier molecular flexibility index (Phi) is 2.33. The lowest BCUT2D eigenvalue weighted by Gasteiger charge is -2.16. The van der Waals surface area contributed by atoms with Crippen molar-refractivity contribution < 1.29 is 5.11 Å². The summed E-state index contributed by atoms with van der Waals surface area (Å²) in [6.07, 6.45) is 4.49. The van der Waals surface area contributed by atoms with Gasteiger partial charge < -0.3 is 5.11 Å². The van der Waals surface area contributed by atoms with Gasteiger partial charge in [0.2, 0.25) is 5.82 Å². The van der Waals surface area contributed by atoms with Crippen LogP contribution in [0.5, 0.6) is 0 Å². The second-order valence-corrected chi connectivity index (χ2v) is 4.44. The highest BCUT2D eigenvalue weighted by atomic mass is 32.2. The maximum Gasteiger partial charge on any atom is 0.202 e. The van der Waals surface area contributed by atoms with Crippen LogP contribution in [0.4, 0.5) is 0 Å². The van der Waals surface area contributed by atoms with Gasteiger partial charge in [0.1, 0.15) is 5.69 Å². The summed E-state index contributed by atoms with van der Waals surface area (Å²) in [5, 5.41) is 14.6. The van der Waals surface area contributed by atoms with Gasteiger partial charge in [-0.05, 0) is 0 Å². The molecule has 1 N–H and O–H groups in total. The predicted molar refractivity (Wildman–Crippen MR) is 57.8 cm³/mol. The first-order chi connectivity index (χ1) is 7.83. The van der Waals surface area contributed by atoms with E-state index in [1.165, 1.54) is 11.8 Å². The Hall–Kier alpha value is -1.47. The van der Waals surface area contributed by atoms with Gasteiger partial charge in [0.05, 0.1) is 18.8 Å². The minimum absolute atomic E-state index is 0.353. The van der Waals surface area contributed by atoms with Crippen LogP contribution in [0.15, 0.2) is 23.7 Å². The number of aromatic nitrogens is 5. The Bertz CT molecular complexity index is 500. The number of aliphatic hydroxyl groups is 1. The number of fused-ring (bicyclic) bond motifs is 1. The number of thioether (sulfide) groups is 1. The van der Waals surface area contributed by atoms with Crippen LogP contribution in [0.3, 0.4) is 0 Å². The van der Waals surface area contributed by atoms with Crippen LogP contribution in [0.1, 0.15) is 0 Å². The molecule has 7 heteroatoms. The molecule has 82 valence electrons. The Morgan fingerprint density at radius 3 is 3.19 bits per heavy atom. The van der Waals surface area contributed by atoms with Crippen molar-refractivity contribution in [3.8, 4) is 11.5 Å². The molecule has 2 aromatic heterocycles. The average Bonchev–Trinajstić information content (AvgIpc) is 2.73. The molecular weight excluding hydrogens is 226 g/mol. The molecule has 1 aliphatic rings. The normalized spacial score (nSPS) is 19.4. The van der Waals surface area contributed by atoms with Crippen molar-refractivity contribution >= 4 is 11.8 Å². The molecule has 0 spiro atoms. The fraction of sp³-hybridized carbons (Fsp3) is 0.333. The molecule has 0 radical (unpaired) electrons. The van der Waals surface area contributed by atoms with Gasteiger partial charge in [-0.1, -0.05) is 11.8 Å². The fourth-order valence-electron chi connectivity index (χ4n) is 1.50. The van der Waals surface area contributed by atoms with Crippen molar-refractivity contribution in [3.63, 3.8) is 0 Å². The first-order valence-electron chi connectivity index (χ1n) is 4.85. The van der Waals surface area contributed by atoms with E-state index in [0.717, 1.165) is 5.16 Å². The third kappa shape index (κ3) is 1.68. The molecule has 0 aromatic carbocycles. The second-order valence-electron chi connectivity index (χ2n) is 3.46.